The Balaban J connectivity index is 1.53. The number of para-hydroxylation sites is 1. The number of carbonyl (C=O) groups is 1. The number of amides is 1. The molecular formula is C16H11Cl2N3OS2. The van der Waals surface area contributed by atoms with E-state index in [4.69, 9.17) is 23.2 Å². The summed E-state index contributed by atoms with van der Waals surface area (Å²) in [5, 5.41) is 4.93. The van der Waals surface area contributed by atoms with Crippen molar-refractivity contribution in [1.29, 1.82) is 0 Å². The number of carbonyl (C=O) groups excluding carboxylic acids is 1. The Morgan fingerprint density at radius 1 is 1.29 bits per heavy atom. The fourth-order valence-corrected chi connectivity index (χ4v) is 4.17. The van der Waals surface area contributed by atoms with Gasteiger partial charge in [-0.1, -0.05) is 53.2 Å². The van der Waals surface area contributed by atoms with Gasteiger partial charge in [-0.25, -0.2) is 10.4 Å². The SMILES string of the molecule is O=C(CSc1nc2ccccc2s1)N/N=C\c1ccc(Cl)cc1Cl. The number of aromatic nitrogens is 1. The molecule has 122 valence electrons. The molecule has 1 heterocycles. The molecule has 0 bridgehead atoms. The maximum Gasteiger partial charge on any atom is 0.250 e. The van der Waals surface area contributed by atoms with Gasteiger partial charge in [0.1, 0.15) is 0 Å². The summed E-state index contributed by atoms with van der Waals surface area (Å²) in [6.07, 6.45) is 1.49. The first-order valence-electron chi connectivity index (χ1n) is 6.87. The number of thioether (sulfide) groups is 1. The molecule has 0 spiro atoms. The lowest BCUT2D eigenvalue weighted by atomic mass is 10.2. The van der Waals surface area contributed by atoms with E-state index in [1.165, 1.54) is 18.0 Å². The van der Waals surface area contributed by atoms with Crippen LogP contribution in [-0.2, 0) is 4.79 Å². The van der Waals surface area contributed by atoms with Crippen molar-refractivity contribution in [3.8, 4) is 0 Å². The third kappa shape index (κ3) is 4.48. The second-order valence-electron chi connectivity index (χ2n) is 4.70. The molecule has 2 aromatic carbocycles. The van der Waals surface area contributed by atoms with Crippen LogP contribution in [0.15, 0.2) is 51.9 Å². The molecule has 0 atom stereocenters. The Labute approximate surface area is 156 Å². The van der Waals surface area contributed by atoms with Gasteiger partial charge in [0.25, 0.3) is 5.91 Å². The van der Waals surface area contributed by atoms with Gasteiger partial charge in [0, 0.05) is 10.6 Å². The first-order chi connectivity index (χ1) is 11.6. The molecule has 0 saturated carbocycles. The number of nitrogens with zero attached hydrogens (tertiary/aromatic N) is 2. The first-order valence-corrected chi connectivity index (χ1v) is 9.43. The maximum absolute atomic E-state index is 11.8. The van der Waals surface area contributed by atoms with Crippen LogP contribution in [0.25, 0.3) is 10.2 Å². The average molecular weight is 396 g/mol. The molecule has 24 heavy (non-hydrogen) atoms. The highest BCUT2D eigenvalue weighted by Gasteiger charge is 2.07. The normalized spacial score (nSPS) is 11.2. The zero-order chi connectivity index (χ0) is 16.9. The number of rotatable bonds is 5. The number of thiazole rings is 1. The molecule has 0 saturated heterocycles. The van der Waals surface area contributed by atoms with Gasteiger partial charge in [0.15, 0.2) is 4.34 Å². The quantitative estimate of drug-likeness (QED) is 0.381. The van der Waals surface area contributed by atoms with E-state index in [1.807, 2.05) is 24.3 Å². The molecule has 8 heteroatoms. The van der Waals surface area contributed by atoms with Gasteiger partial charge in [-0.3, -0.25) is 4.79 Å². The molecule has 0 radical (unpaired) electrons. The first kappa shape index (κ1) is 17.2. The number of hydrazone groups is 1. The fraction of sp³-hybridized carbons (Fsp3) is 0.0625. The molecule has 4 nitrogen and oxygen atoms in total. The summed E-state index contributed by atoms with van der Waals surface area (Å²) in [5.41, 5.74) is 4.10. The lowest BCUT2D eigenvalue weighted by molar-refractivity contribution is -0.118. The van der Waals surface area contributed by atoms with Crippen molar-refractivity contribution in [2.24, 2.45) is 5.10 Å². The summed E-state index contributed by atoms with van der Waals surface area (Å²) in [5.74, 6) is 0.0338. The number of fused-ring (bicyclic) bond motifs is 1. The molecule has 1 N–H and O–H groups in total. The molecule has 1 aromatic heterocycles. The minimum atomic E-state index is -0.208. The van der Waals surface area contributed by atoms with Crippen LogP contribution < -0.4 is 5.43 Å². The number of hydrogen-bond donors (Lipinski definition) is 1. The third-order valence-electron chi connectivity index (χ3n) is 2.96. The van der Waals surface area contributed by atoms with Crippen LogP contribution in [0, 0.1) is 0 Å². The predicted molar refractivity (Wildman–Crippen MR) is 103 cm³/mol. The van der Waals surface area contributed by atoms with Crippen LogP contribution in [0.3, 0.4) is 0 Å². The Morgan fingerprint density at radius 2 is 2.12 bits per heavy atom. The van der Waals surface area contributed by atoms with Crippen LogP contribution in [-0.4, -0.2) is 22.9 Å². The highest BCUT2D eigenvalue weighted by Crippen LogP contribution is 2.29. The highest BCUT2D eigenvalue weighted by atomic mass is 35.5. The Morgan fingerprint density at radius 3 is 2.92 bits per heavy atom. The van der Waals surface area contributed by atoms with Crippen molar-refractivity contribution in [2.75, 3.05) is 5.75 Å². The molecular weight excluding hydrogens is 385 g/mol. The van der Waals surface area contributed by atoms with Crippen molar-refractivity contribution >= 4 is 68.6 Å². The van der Waals surface area contributed by atoms with E-state index in [0.29, 0.717) is 15.6 Å². The van der Waals surface area contributed by atoms with Gasteiger partial charge in [0.05, 0.1) is 27.2 Å². The van der Waals surface area contributed by atoms with Gasteiger partial charge in [-0.15, -0.1) is 11.3 Å². The summed E-state index contributed by atoms with van der Waals surface area (Å²) < 4.78 is 1.96. The Kier molecular flexibility index (Phi) is 5.73. The fourth-order valence-electron chi connectivity index (χ4n) is 1.85. The molecule has 3 rings (SSSR count). The zero-order valence-electron chi connectivity index (χ0n) is 12.2. The highest BCUT2D eigenvalue weighted by molar-refractivity contribution is 8.01. The largest absolute Gasteiger partial charge is 0.272 e. The predicted octanol–water partition coefficient (Wildman–Crippen LogP) is 4.85. The number of halogens is 2. The van der Waals surface area contributed by atoms with Crippen molar-refractivity contribution in [3.05, 3.63) is 58.1 Å². The van der Waals surface area contributed by atoms with E-state index >= 15 is 0 Å². The van der Waals surface area contributed by atoms with Crippen molar-refractivity contribution < 1.29 is 4.79 Å². The minimum absolute atomic E-state index is 0.208. The monoisotopic (exact) mass is 395 g/mol. The number of nitrogens with one attached hydrogen (secondary N) is 1. The Bertz CT molecular complexity index is 878. The van der Waals surface area contributed by atoms with Gasteiger partial charge in [-0.05, 0) is 24.3 Å². The van der Waals surface area contributed by atoms with Gasteiger partial charge in [0.2, 0.25) is 0 Å². The molecule has 1 amide bonds. The van der Waals surface area contributed by atoms with E-state index in [1.54, 1.807) is 29.5 Å². The molecule has 0 aliphatic carbocycles. The second-order valence-corrected chi connectivity index (χ2v) is 7.79. The molecule has 0 unspecified atom stereocenters. The summed E-state index contributed by atoms with van der Waals surface area (Å²) in [6, 6.07) is 12.9. The molecule has 0 fully saturated rings. The lowest BCUT2D eigenvalue weighted by Gasteiger charge is -1.99. The number of benzene rings is 2. The van der Waals surface area contributed by atoms with E-state index in [0.717, 1.165) is 14.6 Å². The summed E-state index contributed by atoms with van der Waals surface area (Å²) >= 11 is 14.8. The summed E-state index contributed by atoms with van der Waals surface area (Å²) in [6.45, 7) is 0. The van der Waals surface area contributed by atoms with E-state index in [9.17, 15) is 4.79 Å². The minimum Gasteiger partial charge on any atom is -0.272 e. The standard InChI is InChI=1S/C16H11Cl2N3OS2/c17-11-6-5-10(12(18)7-11)8-19-21-15(22)9-23-16-20-13-3-1-2-4-14(13)24-16/h1-8H,9H2,(H,21,22)/b19-8-. The third-order valence-corrected chi connectivity index (χ3v) is 5.70. The van der Waals surface area contributed by atoms with E-state index in [2.05, 4.69) is 15.5 Å². The van der Waals surface area contributed by atoms with Crippen LogP contribution in [0.5, 0.6) is 0 Å². The maximum atomic E-state index is 11.8. The van der Waals surface area contributed by atoms with Crippen LogP contribution in [0.4, 0.5) is 0 Å². The summed E-state index contributed by atoms with van der Waals surface area (Å²) in [4.78, 5) is 16.3. The van der Waals surface area contributed by atoms with Crippen LogP contribution in [0.2, 0.25) is 10.0 Å². The Hall–Kier alpha value is -1.60. The number of hydrogen-bond acceptors (Lipinski definition) is 5. The molecule has 0 aliphatic rings. The van der Waals surface area contributed by atoms with Gasteiger partial charge in [-0.2, -0.15) is 5.10 Å². The molecule has 3 aromatic rings. The van der Waals surface area contributed by atoms with Gasteiger partial charge >= 0.3 is 0 Å². The van der Waals surface area contributed by atoms with Crippen molar-refractivity contribution in [3.63, 3.8) is 0 Å². The van der Waals surface area contributed by atoms with Crippen molar-refractivity contribution in [2.45, 2.75) is 4.34 Å². The summed E-state index contributed by atoms with van der Waals surface area (Å²) in [7, 11) is 0. The van der Waals surface area contributed by atoms with Gasteiger partial charge < -0.3 is 0 Å². The average Bonchev–Trinajstić information content (AvgIpc) is 2.98. The van der Waals surface area contributed by atoms with E-state index < -0.39 is 0 Å². The topological polar surface area (TPSA) is 54.4 Å². The zero-order valence-corrected chi connectivity index (χ0v) is 15.3. The van der Waals surface area contributed by atoms with Crippen LogP contribution in [0.1, 0.15) is 5.56 Å². The van der Waals surface area contributed by atoms with E-state index in [-0.39, 0.29) is 11.7 Å². The smallest absolute Gasteiger partial charge is 0.250 e. The van der Waals surface area contributed by atoms with Crippen molar-refractivity contribution in [1.82, 2.24) is 10.4 Å². The van der Waals surface area contributed by atoms with Crippen LogP contribution >= 0.6 is 46.3 Å². The second kappa shape index (κ2) is 7.98. The molecule has 0 aliphatic heterocycles. The lowest BCUT2D eigenvalue weighted by Crippen LogP contribution is -2.19.